The summed E-state index contributed by atoms with van der Waals surface area (Å²) in [6.07, 6.45) is 2.18. The second-order valence-corrected chi connectivity index (χ2v) is 14.0. The third kappa shape index (κ3) is 17.4. The number of hydrogen-bond acceptors (Lipinski definition) is 7. The van der Waals surface area contributed by atoms with E-state index in [0.29, 0.717) is 30.1 Å². The molecule has 1 aromatic carbocycles. The van der Waals surface area contributed by atoms with Gasteiger partial charge in [0, 0.05) is 28.5 Å². The molecule has 0 saturated heterocycles. The maximum Gasteiger partial charge on any atom is 0.407 e. The number of benzene rings is 1. The van der Waals surface area contributed by atoms with E-state index in [1.165, 1.54) is 5.75 Å². The van der Waals surface area contributed by atoms with Crippen molar-refractivity contribution in [3.05, 3.63) is 29.3 Å². The summed E-state index contributed by atoms with van der Waals surface area (Å²) in [4.78, 5) is 35.6. The first-order valence-corrected chi connectivity index (χ1v) is 15.3. The molecule has 2 amide bonds. The second-order valence-electron chi connectivity index (χ2n) is 11.0. The minimum Gasteiger partial charge on any atom is -0.493 e. The van der Waals surface area contributed by atoms with Crippen molar-refractivity contribution in [3.63, 3.8) is 0 Å². The largest absolute Gasteiger partial charge is 0.493 e. The molecule has 0 aliphatic heterocycles. The molecule has 0 spiro atoms. The van der Waals surface area contributed by atoms with Crippen LogP contribution >= 0.6 is 23.5 Å². The fraction of sp³-hybridized carbons (Fsp3) is 0.679. The van der Waals surface area contributed by atoms with Crippen molar-refractivity contribution in [2.75, 3.05) is 30.9 Å². The Kier molecular flexibility index (Phi) is 16.6. The zero-order chi connectivity index (χ0) is 29.5. The molecule has 10 heteroatoms. The van der Waals surface area contributed by atoms with Gasteiger partial charge in [-0.2, -0.15) is 23.5 Å². The average molecular weight is 573 g/mol. The van der Waals surface area contributed by atoms with Gasteiger partial charge in [-0.1, -0.05) is 47.6 Å². The summed E-state index contributed by atoms with van der Waals surface area (Å²) in [5, 5.41) is 14.2. The number of carboxylic acid groups (broad SMARTS) is 1. The molecule has 218 valence electrons. The van der Waals surface area contributed by atoms with Gasteiger partial charge >= 0.3 is 12.1 Å². The van der Waals surface area contributed by atoms with Crippen LogP contribution in [0.5, 0.6) is 5.75 Å². The van der Waals surface area contributed by atoms with Crippen LogP contribution < -0.4 is 15.4 Å². The highest BCUT2D eigenvalue weighted by Gasteiger charge is 2.22. The first kappa shape index (κ1) is 35.9. The Balaban J connectivity index is 0.00000318. The molecule has 1 unspecified atom stereocenters. The maximum atomic E-state index is 12.5. The minimum absolute atomic E-state index is 0.0413. The van der Waals surface area contributed by atoms with E-state index in [1.54, 1.807) is 23.9 Å². The number of nitrogens with one attached hydrogen (secondary N) is 2. The van der Waals surface area contributed by atoms with Crippen LogP contribution in [0.3, 0.4) is 0 Å². The lowest BCUT2D eigenvalue weighted by atomic mass is 9.96. The molecule has 1 atom stereocenters. The summed E-state index contributed by atoms with van der Waals surface area (Å²) in [5.74, 6) is 0.952. The van der Waals surface area contributed by atoms with E-state index >= 15 is 0 Å². The van der Waals surface area contributed by atoms with Crippen LogP contribution in [0, 0.1) is 0 Å². The lowest BCUT2D eigenvalue weighted by Gasteiger charge is -2.26. The number of carboxylic acids is 1. The zero-order valence-corrected chi connectivity index (χ0v) is 26.4. The normalized spacial score (nSPS) is 12.2. The highest BCUT2D eigenvalue weighted by molar-refractivity contribution is 8.00. The van der Waals surface area contributed by atoms with Crippen molar-refractivity contribution < 1.29 is 29.0 Å². The van der Waals surface area contributed by atoms with Gasteiger partial charge < -0.3 is 25.2 Å². The molecule has 8 nitrogen and oxygen atoms in total. The standard InChI is InChI=1S/C25H40N2O6S.C3H8S/c1-16(2)19-10-9-18(13-20(19)22(30)26-14-21(28)29)32-12-11-17(15-34-25(6,7)8)27-23(31)33-24(3,4)5;1-3-4-2/h9-10,13,16-17H,11-12,14-15H2,1-8H3,(H,26,30)(H,27,31)(H,28,29);3H2,1-2H3. The van der Waals surface area contributed by atoms with Gasteiger partial charge in [-0.05, 0) is 56.4 Å². The summed E-state index contributed by atoms with van der Waals surface area (Å²) in [6, 6.07) is 5.09. The van der Waals surface area contributed by atoms with E-state index in [0.717, 1.165) is 5.56 Å². The molecule has 0 aromatic heterocycles. The van der Waals surface area contributed by atoms with Gasteiger partial charge in [0.25, 0.3) is 5.91 Å². The molecule has 0 bridgehead atoms. The molecule has 0 fully saturated rings. The van der Waals surface area contributed by atoms with Crippen molar-refractivity contribution in [1.29, 1.82) is 0 Å². The summed E-state index contributed by atoms with van der Waals surface area (Å²) in [5.41, 5.74) is 0.611. The van der Waals surface area contributed by atoms with Gasteiger partial charge in [0.2, 0.25) is 0 Å². The number of aliphatic carboxylic acids is 1. The average Bonchev–Trinajstić information content (AvgIpc) is 2.79. The number of amides is 2. The van der Waals surface area contributed by atoms with Crippen LogP contribution in [-0.4, -0.2) is 70.4 Å². The highest BCUT2D eigenvalue weighted by Crippen LogP contribution is 2.26. The first-order valence-electron chi connectivity index (χ1n) is 12.9. The quantitative estimate of drug-likeness (QED) is 0.272. The molecule has 0 saturated carbocycles. The predicted molar refractivity (Wildman–Crippen MR) is 160 cm³/mol. The number of rotatable bonds is 12. The fourth-order valence-electron chi connectivity index (χ4n) is 2.92. The van der Waals surface area contributed by atoms with Crippen LogP contribution in [0.4, 0.5) is 4.79 Å². The van der Waals surface area contributed by atoms with Crippen LogP contribution in [0.25, 0.3) is 0 Å². The van der Waals surface area contributed by atoms with E-state index in [9.17, 15) is 14.4 Å². The molecule has 0 radical (unpaired) electrons. The second kappa shape index (κ2) is 17.5. The van der Waals surface area contributed by atoms with Gasteiger partial charge in [0.05, 0.1) is 6.61 Å². The van der Waals surface area contributed by atoms with E-state index in [4.69, 9.17) is 14.6 Å². The van der Waals surface area contributed by atoms with E-state index in [-0.39, 0.29) is 16.7 Å². The van der Waals surface area contributed by atoms with Crippen molar-refractivity contribution in [2.24, 2.45) is 0 Å². The number of hydrogen-bond donors (Lipinski definition) is 3. The van der Waals surface area contributed by atoms with Crippen LogP contribution in [-0.2, 0) is 9.53 Å². The summed E-state index contributed by atoms with van der Waals surface area (Å²) >= 11 is 3.60. The minimum atomic E-state index is -1.11. The third-order valence-corrected chi connectivity index (χ3v) is 6.77. The zero-order valence-electron chi connectivity index (χ0n) is 24.7. The van der Waals surface area contributed by atoms with Gasteiger partial charge in [-0.25, -0.2) is 4.79 Å². The SMILES string of the molecule is CC(C)c1ccc(OCCC(CSC(C)(C)C)NC(=O)OC(C)(C)C)cc1C(=O)NCC(=O)O.CCSC. The van der Waals surface area contributed by atoms with Crippen LogP contribution in [0.2, 0.25) is 0 Å². The molecule has 1 aromatic rings. The van der Waals surface area contributed by atoms with Crippen LogP contribution in [0.1, 0.15) is 90.6 Å². The number of ether oxygens (including phenoxy) is 2. The molecular weight excluding hydrogens is 524 g/mol. The Hall–Kier alpha value is -2.07. The molecule has 0 heterocycles. The molecule has 0 aliphatic rings. The van der Waals surface area contributed by atoms with Crippen molar-refractivity contribution in [2.45, 2.75) is 91.0 Å². The Morgan fingerprint density at radius 1 is 1.08 bits per heavy atom. The molecule has 38 heavy (non-hydrogen) atoms. The molecular formula is C28H48N2O6S2. The summed E-state index contributed by atoms with van der Waals surface area (Å²) < 4.78 is 11.3. The first-order chi connectivity index (χ1) is 17.5. The number of thioether (sulfide) groups is 2. The summed E-state index contributed by atoms with van der Waals surface area (Å²) in [7, 11) is 0. The van der Waals surface area contributed by atoms with E-state index in [2.05, 4.69) is 44.6 Å². The smallest absolute Gasteiger partial charge is 0.407 e. The van der Waals surface area contributed by atoms with Gasteiger partial charge in [-0.3, -0.25) is 9.59 Å². The summed E-state index contributed by atoms with van der Waals surface area (Å²) in [6.45, 7) is 17.7. The lowest BCUT2D eigenvalue weighted by Crippen LogP contribution is -2.41. The molecule has 1 rings (SSSR count). The topological polar surface area (TPSA) is 114 Å². The number of carbonyl (C=O) groups is 3. The van der Waals surface area contributed by atoms with Crippen molar-refractivity contribution in [3.8, 4) is 5.75 Å². The predicted octanol–water partition coefficient (Wildman–Crippen LogP) is 6.19. The maximum absolute atomic E-state index is 12.5. The van der Waals surface area contributed by atoms with Crippen molar-refractivity contribution >= 4 is 41.5 Å². The van der Waals surface area contributed by atoms with Gasteiger partial charge in [0.15, 0.2) is 0 Å². The van der Waals surface area contributed by atoms with Gasteiger partial charge in [-0.15, -0.1) is 0 Å². The Labute approximate surface area is 237 Å². The van der Waals surface area contributed by atoms with Crippen LogP contribution in [0.15, 0.2) is 18.2 Å². The molecule has 0 aliphatic carbocycles. The lowest BCUT2D eigenvalue weighted by molar-refractivity contribution is -0.135. The third-order valence-electron chi connectivity index (χ3n) is 4.75. The van der Waals surface area contributed by atoms with E-state index < -0.39 is 30.1 Å². The highest BCUT2D eigenvalue weighted by atomic mass is 32.2. The number of carbonyl (C=O) groups excluding carboxylic acids is 2. The Bertz CT molecular complexity index is 877. The Morgan fingerprint density at radius 3 is 2.16 bits per heavy atom. The number of alkyl carbamates (subject to hydrolysis) is 1. The van der Waals surface area contributed by atoms with Gasteiger partial charge in [0.1, 0.15) is 17.9 Å². The van der Waals surface area contributed by atoms with E-state index in [1.807, 2.05) is 52.4 Å². The molecule has 3 N–H and O–H groups in total. The fourth-order valence-corrected chi connectivity index (χ4v) is 3.87. The Morgan fingerprint density at radius 2 is 1.68 bits per heavy atom. The monoisotopic (exact) mass is 572 g/mol. The van der Waals surface area contributed by atoms with Crippen molar-refractivity contribution in [1.82, 2.24) is 10.6 Å².